The maximum Gasteiger partial charge on any atom is 0.281 e. The minimum atomic E-state index is -3.33. The van der Waals surface area contributed by atoms with E-state index < -0.39 is 10.2 Å². The van der Waals surface area contributed by atoms with Crippen LogP contribution in [0.4, 0.5) is 0 Å². The minimum Gasteiger partial charge on any atom is -0.393 e. The molecular weight excluding hydrogens is 258 g/mol. The Morgan fingerprint density at radius 3 is 2.29 bits per heavy atom. The average Bonchev–Trinajstić information content (AvgIpc) is 2.54. The van der Waals surface area contributed by atoms with Crippen LogP contribution in [0.25, 0.3) is 0 Å². The smallest absolute Gasteiger partial charge is 0.281 e. The highest BCUT2D eigenvalue weighted by Gasteiger charge is 2.26. The molecule has 1 saturated heterocycles. The van der Waals surface area contributed by atoms with Crippen molar-refractivity contribution in [2.45, 2.75) is 32.1 Å². The molecule has 0 radical (unpaired) electrons. The largest absolute Gasteiger partial charge is 0.393 e. The number of rotatable bonds is 5. The second-order valence-corrected chi connectivity index (χ2v) is 6.92. The van der Waals surface area contributed by atoms with Gasteiger partial charge in [-0.25, -0.2) is 0 Å². The van der Waals surface area contributed by atoms with Crippen molar-refractivity contribution in [1.82, 2.24) is 8.61 Å². The van der Waals surface area contributed by atoms with Gasteiger partial charge < -0.3 is 5.73 Å². The Hall–Kier alpha value is -0.240. The van der Waals surface area contributed by atoms with E-state index in [9.17, 15) is 8.42 Å². The summed E-state index contributed by atoms with van der Waals surface area (Å²) in [5.74, 6) is 0. The molecule has 100 valence electrons. The molecule has 0 aromatic heterocycles. The number of thiocarbonyl (C=S) groups is 1. The molecule has 1 aliphatic rings. The lowest BCUT2D eigenvalue weighted by Gasteiger charge is -2.26. The van der Waals surface area contributed by atoms with Gasteiger partial charge >= 0.3 is 0 Å². The van der Waals surface area contributed by atoms with Crippen LogP contribution in [0.15, 0.2) is 0 Å². The standard InChI is InChI=1S/C10H21N3O2S2/c1-12(9-6-10(11)16)17(14,15)13-7-4-2-3-5-8-13/h2-9H2,1H3,(H2,11,16). The van der Waals surface area contributed by atoms with Gasteiger partial charge in [-0.3, -0.25) is 0 Å². The van der Waals surface area contributed by atoms with Gasteiger partial charge in [-0.2, -0.15) is 17.0 Å². The van der Waals surface area contributed by atoms with Crippen molar-refractivity contribution in [3.63, 3.8) is 0 Å². The molecule has 0 saturated carbocycles. The molecule has 0 aliphatic carbocycles. The Balaban J connectivity index is 2.61. The molecule has 0 aromatic rings. The molecule has 1 rings (SSSR count). The van der Waals surface area contributed by atoms with E-state index in [1.807, 2.05) is 0 Å². The first-order chi connectivity index (χ1) is 7.94. The zero-order chi connectivity index (χ0) is 12.9. The predicted molar refractivity (Wildman–Crippen MR) is 73.0 cm³/mol. The van der Waals surface area contributed by atoms with Gasteiger partial charge in [0.15, 0.2) is 0 Å². The first-order valence-electron chi connectivity index (χ1n) is 5.94. The van der Waals surface area contributed by atoms with Gasteiger partial charge in [-0.15, -0.1) is 0 Å². The van der Waals surface area contributed by atoms with E-state index in [0.717, 1.165) is 25.7 Å². The summed E-state index contributed by atoms with van der Waals surface area (Å²) in [7, 11) is -1.75. The summed E-state index contributed by atoms with van der Waals surface area (Å²) in [6.07, 6.45) is 4.55. The Kier molecular flexibility index (Phi) is 5.78. The fraction of sp³-hybridized carbons (Fsp3) is 0.900. The van der Waals surface area contributed by atoms with Gasteiger partial charge in [0.2, 0.25) is 0 Å². The Labute approximate surface area is 109 Å². The van der Waals surface area contributed by atoms with E-state index in [0.29, 0.717) is 31.0 Å². The summed E-state index contributed by atoms with van der Waals surface area (Å²) >= 11 is 4.76. The molecule has 1 aliphatic heterocycles. The highest BCUT2D eigenvalue weighted by molar-refractivity contribution is 7.86. The zero-order valence-electron chi connectivity index (χ0n) is 10.3. The van der Waals surface area contributed by atoms with Crippen LogP contribution >= 0.6 is 12.2 Å². The molecule has 0 amide bonds. The summed E-state index contributed by atoms with van der Waals surface area (Å²) in [6, 6.07) is 0. The molecule has 17 heavy (non-hydrogen) atoms. The topological polar surface area (TPSA) is 66.6 Å². The lowest BCUT2D eigenvalue weighted by Crippen LogP contribution is -2.43. The van der Waals surface area contributed by atoms with Gasteiger partial charge in [-0.05, 0) is 12.8 Å². The Bertz CT molecular complexity index is 349. The maximum absolute atomic E-state index is 12.2. The van der Waals surface area contributed by atoms with Crippen molar-refractivity contribution in [3.8, 4) is 0 Å². The van der Waals surface area contributed by atoms with Crippen LogP contribution in [0.2, 0.25) is 0 Å². The minimum absolute atomic E-state index is 0.350. The second-order valence-electron chi connectivity index (χ2n) is 4.36. The molecule has 0 unspecified atom stereocenters. The highest BCUT2D eigenvalue weighted by atomic mass is 32.2. The second kappa shape index (κ2) is 6.63. The van der Waals surface area contributed by atoms with E-state index in [1.54, 1.807) is 11.4 Å². The lowest BCUT2D eigenvalue weighted by atomic mass is 10.2. The molecule has 1 fully saturated rings. The van der Waals surface area contributed by atoms with E-state index >= 15 is 0 Å². The maximum atomic E-state index is 12.2. The normalized spacial score (nSPS) is 19.2. The summed E-state index contributed by atoms with van der Waals surface area (Å²) < 4.78 is 27.4. The Morgan fingerprint density at radius 1 is 1.29 bits per heavy atom. The van der Waals surface area contributed by atoms with Crippen LogP contribution in [-0.4, -0.2) is 48.7 Å². The summed E-state index contributed by atoms with van der Waals surface area (Å²) in [5.41, 5.74) is 5.38. The molecular formula is C10H21N3O2S2. The van der Waals surface area contributed by atoms with Crippen molar-refractivity contribution >= 4 is 27.4 Å². The van der Waals surface area contributed by atoms with Crippen molar-refractivity contribution in [2.24, 2.45) is 5.73 Å². The van der Waals surface area contributed by atoms with Crippen molar-refractivity contribution in [1.29, 1.82) is 0 Å². The molecule has 2 N–H and O–H groups in total. The number of nitrogens with zero attached hydrogens (tertiary/aromatic N) is 2. The van der Waals surface area contributed by atoms with Gasteiger partial charge in [0.25, 0.3) is 10.2 Å². The van der Waals surface area contributed by atoms with Crippen LogP contribution in [-0.2, 0) is 10.2 Å². The van der Waals surface area contributed by atoms with E-state index in [-0.39, 0.29) is 0 Å². The van der Waals surface area contributed by atoms with Crippen LogP contribution in [0.1, 0.15) is 32.1 Å². The molecule has 0 atom stereocenters. The summed E-state index contributed by atoms with van der Waals surface area (Å²) in [6.45, 7) is 1.60. The molecule has 0 spiro atoms. The monoisotopic (exact) mass is 279 g/mol. The highest BCUT2D eigenvalue weighted by Crippen LogP contribution is 2.15. The van der Waals surface area contributed by atoms with E-state index in [1.165, 1.54) is 4.31 Å². The third-order valence-corrected chi connectivity index (χ3v) is 5.15. The Morgan fingerprint density at radius 2 is 1.82 bits per heavy atom. The van der Waals surface area contributed by atoms with Crippen molar-refractivity contribution in [3.05, 3.63) is 0 Å². The first kappa shape index (κ1) is 14.8. The fourth-order valence-corrected chi connectivity index (χ4v) is 3.38. The third-order valence-electron chi connectivity index (χ3n) is 2.96. The van der Waals surface area contributed by atoms with Crippen LogP contribution < -0.4 is 5.73 Å². The summed E-state index contributed by atoms with van der Waals surface area (Å²) in [5, 5.41) is 0. The molecule has 5 nitrogen and oxygen atoms in total. The number of nitrogens with two attached hydrogens (primary N) is 1. The third kappa shape index (κ3) is 4.50. The van der Waals surface area contributed by atoms with Crippen molar-refractivity contribution < 1.29 is 8.42 Å². The van der Waals surface area contributed by atoms with Gasteiger partial charge in [0.05, 0.1) is 4.99 Å². The van der Waals surface area contributed by atoms with Gasteiger partial charge in [0, 0.05) is 33.1 Å². The first-order valence-corrected chi connectivity index (χ1v) is 7.75. The quantitative estimate of drug-likeness (QED) is 0.753. The lowest BCUT2D eigenvalue weighted by molar-refractivity contribution is 0.368. The predicted octanol–water partition coefficient (Wildman–Crippen LogP) is 0.715. The molecule has 1 heterocycles. The van der Waals surface area contributed by atoms with Crippen LogP contribution in [0.5, 0.6) is 0 Å². The number of hydrogen-bond acceptors (Lipinski definition) is 3. The SMILES string of the molecule is CN(CCC(N)=S)S(=O)(=O)N1CCCCCC1. The van der Waals surface area contributed by atoms with Crippen LogP contribution in [0.3, 0.4) is 0 Å². The van der Waals surface area contributed by atoms with Gasteiger partial charge in [0.1, 0.15) is 0 Å². The zero-order valence-corrected chi connectivity index (χ0v) is 11.9. The van der Waals surface area contributed by atoms with Gasteiger partial charge in [-0.1, -0.05) is 25.1 Å². The molecule has 0 aromatic carbocycles. The molecule has 7 heteroatoms. The fourth-order valence-electron chi connectivity index (χ4n) is 1.85. The van der Waals surface area contributed by atoms with E-state index in [2.05, 4.69) is 0 Å². The van der Waals surface area contributed by atoms with Crippen LogP contribution in [0, 0.1) is 0 Å². The van der Waals surface area contributed by atoms with Crippen molar-refractivity contribution in [2.75, 3.05) is 26.7 Å². The average molecular weight is 279 g/mol. The molecule has 0 bridgehead atoms. The summed E-state index contributed by atoms with van der Waals surface area (Å²) in [4.78, 5) is 0.350. The number of hydrogen-bond donors (Lipinski definition) is 1. The van der Waals surface area contributed by atoms with E-state index in [4.69, 9.17) is 18.0 Å².